The van der Waals surface area contributed by atoms with Crippen LogP contribution in [0.3, 0.4) is 0 Å². The molecule has 0 saturated heterocycles. The standard InChI is InChI=1S/C21H24N2O/c24-20(23-14-11-17-7-4-5-8-18(17)15-23)22-16-21(12-6-13-21)19-9-2-1-3-10-19/h1-5,7-10H,6,11-16H2,(H,22,24). The molecule has 1 saturated carbocycles. The van der Waals surface area contributed by atoms with Gasteiger partial charge in [-0.3, -0.25) is 0 Å². The first-order valence-corrected chi connectivity index (χ1v) is 8.92. The molecule has 0 radical (unpaired) electrons. The molecule has 0 spiro atoms. The van der Waals surface area contributed by atoms with Gasteiger partial charge in [0.1, 0.15) is 0 Å². The normalized spacial score (nSPS) is 18.4. The van der Waals surface area contributed by atoms with Crippen molar-refractivity contribution in [1.29, 1.82) is 0 Å². The summed E-state index contributed by atoms with van der Waals surface area (Å²) in [6.07, 6.45) is 4.54. The van der Waals surface area contributed by atoms with E-state index < -0.39 is 0 Å². The third kappa shape index (κ3) is 2.79. The maximum atomic E-state index is 12.6. The van der Waals surface area contributed by atoms with Crippen molar-refractivity contribution in [3.8, 4) is 0 Å². The van der Waals surface area contributed by atoms with E-state index in [0.29, 0.717) is 0 Å². The Hall–Kier alpha value is -2.29. The van der Waals surface area contributed by atoms with Gasteiger partial charge in [-0.1, -0.05) is 61.0 Å². The lowest BCUT2D eigenvalue weighted by molar-refractivity contribution is 0.178. The van der Waals surface area contributed by atoms with Crippen LogP contribution in [0.2, 0.25) is 0 Å². The molecule has 1 fully saturated rings. The molecule has 124 valence electrons. The van der Waals surface area contributed by atoms with E-state index in [9.17, 15) is 4.79 Å². The van der Waals surface area contributed by atoms with Crippen molar-refractivity contribution >= 4 is 6.03 Å². The molecule has 4 rings (SSSR count). The van der Waals surface area contributed by atoms with Crippen LogP contribution in [0.15, 0.2) is 54.6 Å². The van der Waals surface area contributed by atoms with Crippen LogP contribution in [-0.2, 0) is 18.4 Å². The predicted octanol–water partition coefficient (Wildman–Crippen LogP) is 3.88. The van der Waals surface area contributed by atoms with Gasteiger partial charge in [-0.25, -0.2) is 4.79 Å². The summed E-state index contributed by atoms with van der Waals surface area (Å²) < 4.78 is 0. The summed E-state index contributed by atoms with van der Waals surface area (Å²) in [5.74, 6) is 0. The number of benzene rings is 2. The van der Waals surface area contributed by atoms with E-state index in [0.717, 1.165) is 26.1 Å². The van der Waals surface area contributed by atoms with Crippen LogP contribution in [0, 0.1) is 0 Å². The van der Waals surface area contributed by atoms with Crippen LogP contribution in [0.4, 0.5) is 4.79 Å². The average Bonchev–Trinajstić information content (AvgIpc) is 2.61. The van der Waals surface area contributed by atoms with Crippen molar-refractivity contribution in [2.75, 3.05) is 13.1 Å². The van der Waals surface area contributed by atoms with Gasteiger partial charge in [-0.2, -0.15) is 0 Å². The molecule has 1 heterocycles. The minimum absolute atomic E-state index is 0.0757. The van der Waals surface area contributed by atoms with Crippen molar-refractivity contribution < 1.29 is 4.79 Å². The Morgan fingerprint density at radius 3 is 2.42 bits per heavy atom. The molecule has 2 aromatic carbocycles. The van der Waals surface area contributed by atoms with Crippen molar-refractivity contribution in [2.24, 2.45) is 0 Å². The molecular weight excluding hydrogens is 296 g/mol. The number of hydrogen-bond acceptors (Lipinski definition) is 1. The summed E-state index contributed by atoms with van der Waals surface area (Å²) >= 11 is 0. The van der Waals surface area contributed by atoms with Gasteiger partial charge in [-0.05, 0) is 36.0 Å². The van der Waals surface area contributed by atoms with Gasteiger partial charge in [0.2, 0.25) is 0 Å². The summed E-state index contributed by atoms with van der Waals surface area (Å²) in [5, 5.41) is 3.21. The van der Waals surface area contributed by atoms with Crippen LogP contribution in [0.5, 0.6) is 0 Å². The second-order valence-corrected chi connectivity index (χ2v) is 7.10. The molecule has 0 unspecified atom stereocenters. The fourth-order valence-corrected chi connectivity index (χ4v) is 3.99. The number of carbonyl (C=O) groups excluding carboxylic acids is 1. The highest BCUT2D eigenvalue weighted by Crippen LogP contribution is 2.43. The first kappa shape index (κ1) is 15.3. The fourth-order valence-electron chi connectivity index (χ4n) is 3.99. The van der Waals surface area contributed by atoms with Gasteiger partial charge in [-0.15, -0.1) is 0 Å². The van der Waals surface area contributed by atoms with E-state index in [1.807, 2.05) is 4.90 Å². The smallest absolute Gasteiger partial charge is 0.317 e. The molecule has 2 aromatic rings. The van der Waals surface area contributed by atoms with Gasteiger partial charge in [0, 0.05) is 25.0 Å². The van der Waals surface area contributed by atoms with E-state index >= 15 is 0 Å². The Morgan fingerprint density at radius 2 is 1.71 bits per heavy atom. The maximum Gasteiger partial charge on any atom is 0.317 e. The summed E-state index contributed by atoms with van der Waals surface area (Å²) in [5.41, 5.74) is 4.16. The molecule has 1 N–H and O–H groups in total. The molecule has 0 atom stereocenters. The van der Waals surface area contributed by atoms with E-state index in [2.05, 4.69) is 59.9 Å². The average molecular weight is 320 g/mol. The topological polar surface area (TPSA) is 32.3 Å². The highest BCUT2D eigenvalue weighted by molar-refractivity contribution is 5.74. The lowest BCUT2D eigenvalue weighted by Gasteiger charge is -2.43. The van der Waals surface area contributed by atoms with E-state index in [-0.39, 0.29) is 11.4 Å². The van der Waals surface area contributed by atoms with Crippen LogP contribution < -0.4 is 5.32 Å². The van der Waals surface area contributed by atoms with Gasteiger partial charge >= 0.3 is 6.03 Å². The largest absolute Gasteiger partial charge is 0.337 e. The number of fused-ring (bicyclic) bond motifs is 1. The first-order chi connectivity index (χ1) is 11.8. The number of amides is 2. The van der Waals surface area contributed by atoms with Crippen molar-refractivity contribution in [1.82, 2.24) is 10.2 Å². The minimum Gasteiger partial charge on any atom is -0.337 e. The van der Waals surface area contributed by atoms with Crippen LogP contribution in [0.1, 0.15) is 36.0 Å². The number of nitrogens with one attached hydrogen (secondary N) is 1. The number of urea groups is 1. The summed E-state index contributed by atoms with van der Waals surface area (Å²) in [4.78, 5) is 14.6. The summed E-state index contributed by atoms with van der Waals surface area (Å²) in [6.45, 7) is 2.27. The van der Waals surface area contributed by atoms with Crippen LogP contribution in [-0.4, -0.2) is 24.0 Å². The van der Waals surface area contributed by atoms with E-state index in [4.69, 9.17) is 0 Å². The summed E-state index contributed by atoms with van der Waals surface area (Å²) in [6, 6.07) is 19.2. The Morgan fingerprint density at radius 1 is 1.00 bits per heavy atom. The SMILES string of the molecule is O=C(NCC1(c2ccccc2)CCC1)N1CCc2ccccc2C1. The quantitative estimate of drug-likeness (QED) is 0.914. The van der Waals surface area contributed by atoms with Crippen LogP contribution in [0.25, 0.3) is 0 Å². The zero-order valence-corrected chi connectivity index (χ0v) is 14.0. The molecule has 24 heavy (non-hydrogen) atoms. The number of hydrogen-bond donors (Lipinski definition) is 1. The Kier molecular flexibility index (Phi) is 4.01. The number of nitrogens with zero attached hydrogens (tertiary/aromatic N) is 1. The zero-order chi connectivity index (χ0) is 16.4. The second-order valence-electron chi connectivity index (χ2n) is 7.10. The molecule has 3 heteroatoms. The maximum absolute atomic E-state index is 12.6. The fraction of sp³-hybridized carbons (Fsp3) is 0.381. The molecule has 1 aliphatic heterocycles. The second kappa shape index (κ2) is 6.31. The Labute approximate surface area is 143 Å². The number of carbonyl (C=O) groups is 1. The third-order valence-electron chi connectivity index (χ3n) is 5.69. The molecular formula is C21H24N2O. The van der Waals surface area contributed by atoms with Gasteiger partial charge < -0.3 is 10.2 Å². The molecule has 3 nitrogen and oxygen atoms in total. The Bertz CT molecular complexity index is 722. The highest BCUT2D eigenvalue weighted by Gasteiger charge is 2.39. The minimum atomic E-state index is 0.0757. The van der Waals surface area contributed by atoms with Gasteiger partial charge in [0.25, 0.3) is 0 Å². The monoisotopic (exact) mass is 320 g/mol. The molecule has 2 aliphatic rings. The highest BCUT2D eigenvalue weighted by atomic mass is 16.2. The predicted molar refractivity (Wildman–Crippen MR) is 95.9 cm³/mol. The van der Waals surface area contributed by atoms with E-state index in [1.165, 1.54) is 36.0 Å². The van der Waals surface area contributed by atoms with Gasteiger partial charge in [0.05, 0.1) is 0 Å². The molecule has 0 aromatic heterocycles. The number of rotatable bonds is 3. The first-order valence-electron chi connectivity index (χ1n) is 8.92. The molecule has 2 amide bonds. The third-order valence-corrected chi connectivity index (χ3v) is 5.69. The van der Waals surface area contributed by atoms with Crippen molar-refractivity contribution in [3.63, 3.8) is 0 Å². The van der Waals surface area contributed by atoms with Crippen LogP contribution >= 0.6 is 0 Å². The van der Waals surface area contributed by atoms with Crippen molar-refractivity contribution in [3.05, 3.63) is 71.3 Å². The summed E-state index contributed by atoms with van der Waals surface area (Å²) in [7, 11) is 0. The molecule has 1 aliphatic carbocycles. The lowest BCUT2D eigenvalue weighted by atomic mass is 9.64. The lowest BCUT2D eigenvalue weighted by Crippen LogP contribution is -2.50. The zero-order valence-electron chi connectivity index (χ0n) is 14.0. The van der Waals surface area contributed by atoms with E-state index in [1.54, 1.807) is 0 Å². The van der Waals surface area contributed by atoms with Gasteiger partial charge in [0.15, 0.2) is 0 Å². The molecule has 0 bridgehead atoms. The van der Waals surface area contributed by atoms with Crippen molar-refractivity contribution in [2.45, 2.75) is 37.6 Å². The Balaban J connectivity index is 1.40.